The first-order valence-electron chi connectivity index (χ1n) is 14.5. The minimum absolute atomic E-state index is 0.124. The number of benzene rings is 1. The van der Waals surface area contributed by atoms with Crippen LogP contribution in [0.4, 0.5) is 0 Å². The highest BCUT2D eigenvalue weighted by Gasteiger charge is 2.37. The van der Waals surface area contributed by atoms with Gasteiger partial charge in [-0.3, -0.25) is 9.88 Å². The molecule has 1 aromatic heterocycles. The highest BCUT2D eigenvalue weighted by atomic mass is 16.6. The molecule has 1 fully saturated rings. The van der Waals surface area contributed by atoms with E-state index >= 15 is 0 Å². The lowest BCUT2D eigenvalue weighted by atomic mass is 9.99. The summed E-state index contributed by atoms with van der Waals surface area (Å²) in [5, 5.41) is 4.24. The molecule has 39 heavy (non-hydrogen) atoms. The summed E-state index contributed by atoms with van der Waals surface area (Å²) < 4.78 is 12.2. The van der Waals surface area contributed by atoms with E-state index in [1.807, 2.05) is 52.1 Å². The third kappa shape index (κ3) is 8.29. The number of aromatic nitrogens is 1. The Hall–Kier alpha value is -2.90. The first-order chi connectivity index (χ1) is 18.7. The number of likely N-dealkylation sites (tertiary alicyclic amines) is 1. The van der Waals surface area contributed by atoms with Crippen LogP contribution in [0, 0.1) is 6.92 Å². The molecule has 1 unspecified atom stereocenters. The van der Waals surface area contributed by atoms with Crippen LogP contribution in [-0.4, -0.2) is 53.8 Å². The van der Waals surface area contributed by atoms with Crippen LogP contribution in [0.1, 0.15) is 82.9 Å². The van der Waals surface area contributed by atoms with Gasteiger partial charge < -0.3 is 20.5 Å². The van der Waals surface area contributed by atoms with E-state index in [9.17, 15) is 4.79 Å². The molecule has 2 aliphatic rings. The number of hydrogen-bond donors (Lipinski definition) is 2. The van der Waals surface area contributed by atoms with Gasteiger partial charge in [-0.2, -0.15) is 0 Å². The predicted octanol–water partition coefficient (Wildman–Crippen LogP) is 5.69. The molecular formula is C32H46N4O3. The Balaban J connectivity index is 1.30. The SMILES string of the molecule is Cc1cnc2cccc(C(C(=O)OC(C)(C)C)N3CC[C@@H](OCCCCC/C=C\C4=C(N)NCCC4)C3)c2c1. The maximum atomic E-state index is 13.5. The Bertz CT molecular complexity index is 1180. The van der Waals surface area contributed by atoms with E-state index in [2.05, 4.69) is 33.4 Å². The second-order valence-corrected chi connectivity index (χ2v) is 11.9. The zero-order valence-electron chi connectivity index (χ0n) is 24.2. The maximum absolute atomic E-state index is 13.5. The van der Waals surface area contributed by atoms with Crippen molar-refractivity contribution in [1.29, 1.82) is 0 Å². The van der Waals surface area contributed by atoms with Crippen molar-refractivity contribution < 1.29 is 14.3 Å². The lowest BCUT2D eigenvalue weighted by Crippen LogP contribution is -2.38. The van der Waals surface area contributed by atoms with Gasteiger partial charge in [-0.15, -0.1) is 0 Å². The fourth-order valence-corrected chi connectivity index (χ4v) is 5.41. The van der Waals surface area contributed by atoms with Crippen molar-refractivity contribution in [3.05, 3.63) is 65.1 Å². The second-order valence-electron chi connectivity index (χ2n) is 11.9. The molecule has 4 rings (SSSR count). The van der Waals surface area contributed by atoms with E-state index in [0.29, 0.717) is 6.54 Å². The van der Waals surface area contributed by atoms with Gasteiger partial charge in [0, 0.05) is 37.8 Å². The molecule has 7 nitrogen and oxygen atoms in total. The highest BCUT2D eigenvalue weighted by molar-refractivity contribution is 5.89. The number of ether oxygens (including phenoxy) is 2. The van der Waals surface area contributed by atoms with E-state index in [-0.39, 0.29) is 12.1 Å². The molecular weight excluding hydrogens is 488 g/mol. The van der Waals surface area contributed by atoms with Crippen LogP contribution in [0.25, 0.3) is 10.9 Å². The van der Waals surface area contributed by atoms with E-state index in [1.54, 1.807) is 0 Å². The summed E-state index contributed by atoms with van der Waals surface area (Å²) in [5.74, 6) is 0.615. The molecule has 212 valence electrons. The fourth-order valence-electron chi connectivity index (χ4n) is 5.41. The van der Waals surface area contributed by atoms with Gasteiger partial charge in [0.2, 0.25) is 0 Å². The number of carbonyl (C=O) groups is 1. The van der Waals surface area contributed by atoms with Crippen LogP contribution < -0.4 is 11.1 Å². The number of fused-ring (bicyclic) bond motifs is 1. The molecule has 3 N–H and O–H groups in total. The Kier molecular flexibility index (Phi) is 10.0. The van der Waals surface area contributed by atoms with E-state index in [1.165, 1.54) is 5.57 Å². The minimum atomic E-state index is -0.560. The van der Waals surface area contributed by atoms with Crippen molar-refractivity contribution in [2.45, 2.75) is 90.4 Å². The number of aryl methyl sites for hydroxylation is 1. The first kappa shape index (κ1) is 29.1. The van der Waals surface area contributed by atoms with Gasteiger partial charge in [-0.1, -0.05) is 30.7 Å². The van der Waals surface area contributed by atoms with Crippen LogP contribution in [0.15, 0.2) is 54.0 Å². The van der Waals surface area contributed by atoms with Gasteiger partial charge in [0.25, 0.3) is 0 Å². The molecule has 3 heterocycles. The van der Waals surface area contributed by atoms with Crippen LogP contribution in [0.2, 0.25) is 0 Å². The quantitative estimate of drug-likeness (QED) is 0.283. The summed E-state index contributed by atoms with van der Waals surface area (Å²) in [4.78, 5) is 20.4. The lowest BCUT2D eigenvalue weighted by Gasteiger charge is -2.30. The third-order valence-electron chi connectivity index (χ3n) is 7.33. The van der Waals surface area contributed by atoms with E-state index in [0.717, 1.165) is 92.5 Å². The Morgan fingerprint density at radius 2 is 2.13 bits per heavy atom. The highest BCUT2D eigenvalue weighted by Crippen LogP contribution is 2.33. The topological polar surface area (TPSA) is 89.7 Å². The number of nitrogens with two attached hydrogens (primary N) is 1. The number of unbranched alkanes of at least 4 members (excludes halogenated alkanes) is 3. The summed E-state index contributed by atoms with van der Waals surface area (Å²) in [7, 11) is 0. The van der Waals surface area contributed by atoms with Crippen molar-refractivity contribution in [3.8, 4) is 0 Å². The van der Waals surface area contributed by atoms with Crippen molar-refractivity contribution in [3.63, 3.8) is 0 Å². The molecule has 0 amide bonds. The largest absolute Gasteiger partial charge is 0.459 e. The molecule has 7 heteroatoms. The van der Waals surface area contributed by atoms with E-state index in [4.69, 9.17) is 15.2 Å². The predicted molar refractivity (Wildman–Crippen MR) is 157 cm³/mol. The first-order valence-corrected chi connectivity index (χ1v) is 14.5. The number of allylic oxidation sites excluding steroid dienone is 3. The number of hydrogen-bond acceptors (Lipinski definition) is 7. The normalized spacial score (nSPS) is 19.5. The summed E-state index contributed by atoms with van der Waals surface area (Å²) in [6, 6.07) is 7.65. The Labute approximate surface area is 233 Å². The Morgan fingerprint density at radius 1 is 1.28 bits per heavy atom. The van der Waals surface area contributed by atoms with Crippen LogP contribution in [0.3, 0.4) is 0 Å². The van der Waals surface area contributed by atoms with Crippen molar-refractivity contribution in [2.75, 3.05) is 26.2 Å². The van der Waals surface area contributed by atoms with E-state index < -0.39 is 11.6 Å². The summed E-state index contributed by atoms with van der Waals surface area (Å²) in [5.41, 5.74) is 9.61. The lowest BCUT2D eigenvalue weighted by molar-refractivity contribution is -0.161. The van der Waals surface area contributed by atoms with Crippen LogP contribution in [-0.2, 0) is 14.3 Å². The second kappa shape index (κ2) is 13.4. The van der Waals surface area contributed by atoms with Crippen molar-refractivity contribution in [2.24, 2.45) is 5.73 Å². The van der Waals surface area contributed by atoms with Crippen molar-refractivity contribution in [1.82, 2.24) is 15.2 Å². The molecule has 0 aliphatic carbocycles. The number of nitrogens with one attached hydrogen (secondary N) is 1. The van der Waals surface area contributed by atoms with Gasteiger partial charge in [0.05, 0.1) is 17.4 Å². The minimum Gasteiger partial charge on any atom is -0.459 e. The maximum Gasteiger partial charge on any atom is 0.328 e. The zero-order valence-corrected chi connectivity index (χ0v) is 24.2. The molecule has 0 bridgehead atoms. The molecule has 2 atom stereocenters. The van der Waals surface area contributed by atoms with Gasteiger partial charge in [0.15, 0.2) is 0 Å². The number of esters is 1. The smallest absolute Gasteiger partial charge is 0.328 e. The molecule has 1 saturated heterocycles. The standard InChI is InChI=1S/C32H46N4O3/c1-23-20-27-26(14-10-15-28(27)35-21-23)29(31(37)39-32(2,3)4)36-18-16-25(22-36)38-19-9-7-5-6-8-12-24-13-11-17-34-30(24)33/h8,10,12,14-15,20-21,25,29,34H,5-7,9,11,13,16-19,22,33H2,1-4H3/b12-8-/t25-,29?/m1/s1. The number of nitrogens with zero attached hydrogens (tertiary/aromatic N) is 2. The molecule has 0 spiro atoms. The average molecular weight is 535 g/mol. The molecule has 1 aromatic carbocycles. The van der Waals surface area contributed by atoms with Gasteiger partial charge >= 0.3 is 5.97 Å². The molecule has 2 aromatic rings. The molecule has 2 aliphatic heterocycles. The van der Waals surface area contributed by atoms with Crippen LogP contribution in [0.5, 0.6) is 0 Å². The van der Waals surface area contributed by atoms with Gasteiger partial charge in [0.1, 0.15) is 11.6 Å². The monoisotopic (exact) mass is 534 g/mol. The van der Waals surface area contributed by atoms with Crippen LogP contribution >= 0.6 is 0 Å². The van der Waals surface area contributed by atoms with Gasteiger partial charge in [-0.05, 0) is 95.1 Å². The van der Waals surface area contributed by atoms with Crippen molar-refractivity contribution >= 4 is 16.9 Å². The number of rotatable bonds is 11. The fraction of sp³-hybridized carbons (Fsp3) is 0.562. The summed E-state index contributed by atoms with van der Waals surface area (Å²) >= 11 is 0. The third-order valence-corrected chi connectivity index (χ3v) is 7.33. The zero-order chi connectivity index (χ0) is 27.8. The number of carbonyl (C=O) groups excluding carboxylic acids is 1. The summed E-state index contributed by atoms with van der Waals surface area (Å²) in [6.07, 6.45) is 13.9. The summed E-state index contributed by atoms with van der Waals surface area (Å²) in [6.45, 7) is 11.0. The molecule has 0 saturated carbocycles. The average Bonchev–Trinajstić information content (AvgIpc) is 3.34. The number of pyridine rings is 1. The molecule has 0 radical (unpaired) electrons. The van der Waals surface area contributed by atoms with Gasteiger partial charge in [-0.25, -0.2) is 4.79 Å². The Morgan fingerprint density at radius 3 is 2.92 bits per heavy atom.